The number of hydrogen-bond acceptors (Lipinski definition) is 10. The summed E-state index contributed by atoms with van der Waals surface area (Å²) in [5.74, 6) is -1.96. The molecule has 1 aromatic carbocycles. The monoisotopic (exact) mass is 604 g/mol. The zero-order valence-electron chi connectivity index (χ0n) is 24.8. The van der Waals surface area contributed by atoms with E-state index in [9.17, 15) is 19.5 Å². The Labute approximate surface area is 252 Å². The standard InChI is InChI=1S/C31H32N4O7S/c1-7-8-14-42-20-12-11-19(15-21(20)40-5)24-22(25(36)23-18(4)34-13-9-10-16(2)28(34)33-23)26(37)29(38)35(24)31-32-17(3)27(43-31)30(39)41-6/h9-13,15,24,36H,7-8,14H2,1-6H3/b25-22+. The van der Waals surface area contributed by atoms with Gasteiger partial charge in [0.1, 0.15) is 16.2 Å². The predicted molar refractivity (Wildman–Crippen MR) is 161 cm³/mol. The highest BCUT2D eigenvalue weighted by Gasteiger charge is 2.49. The first kappa shape index (κ1) is 29.8. The molecule has 4 aromatic rings. The Hall–Kier alpha value is -4.71. The van der Waals surface area contributed by atoms with Crippen LogP contribution in [0.5, 0.6) is 11.5 Å². The summed E-state index contributed by atoms with van der Waals surface area (Å²) in [5, 5.41) is 11.9. The van der Waals surface area contributed by atoms with E-state index < -0.39 is 29.5 Å². The molecular formula is C31H32N4O7S. The fourth-order valence-corrected chi connectivity index (χ4v) is 6.10. The van der Waals surface area contributed by atoms with Gasteiger partial charge in [0.15, 0.2) is 22.4 Å². The number of esters is 1. The first-order chi connectivity index (χ1) is 20.6. The number of thiazole rings is 1. The third-order valence-electron chi connectivity index (χ3n) is 7.37. The number of carbonyl (C=O) groups is 3. The lowest BCUT2D eigenvalue weighted by atomic mass is 9.96. The number of aryl methyl sites for hydroxylation is 3. The molecule has 1 amide bonds. The van der Waals surface area contributed by atoms with Crippen molar-refractivity contribution >= 4 is 45.5 Å². The van der Waals surface area contributed by atoms with Crippen molar-refractivity contribution in [2.45, 2.75) is 46.6 Å². The number of carbonyl (C=O) groups excluding carboxylic acids is 3. The summed E-state index contributed by atoms with van der Waals surface area (Å²) >= 11 is 0.926. The average molecular weight is 605 g/mol. The molecule has 1 aliphatic rings. The van der Waals surface area contributed by atoms with Crippen molar-refractivity contribution in [3.8, 4) is 11.5 Å². The summed E-state index contributed by atoms with van der Waals surface area (Å²) in [4.78, 5) is 50.3. The molecule has 0 aliphatic carbocycles. The largest absolute Gasteiger partial charge is 0.505 e. The number of ether oxygens (including phenoxy) is 3. The van der Waals surface area contributed by atoms with Crippen LogP contribution in [0.25, 0.3) is 11.4 Å². The van der Waals surface area contributed by atoms with Crippen LogP contribution in [0, 0.1) is 20.8 Å². The Morgan fingerprint density at radius 1 is 1.09 bits per heavy atom. The molecule has 0 radical (unpaired) electrons. The van der Waals surface area contributed by atoms with Crippen molar-refractivity contribution in [1.29, 1.82) is 0 Å². The molecular weight excluding hydrogens is 572 g/mol. The quantitative estimate of drug-likeness (QED) is 0.0886. The number of fused-ring (bicyclic) bond motifs is 1. The molecule has 43 heavy (non-hydrogen) atoms. The van der Waals surface area contributed by atoms with Crippen molar-refractivity contribution in [2.75, 3.05) is 25.7 Å². The number of pyridine rings is 1. The molecule has 0 bridgehead atoms. The van der Waals surface area contributed by atoms with E-state index in [2.05, 4.69) is 16.9 Å². The number of methoxy groups -OCH3 is 2. The number of aliphatic hydroxyl groups excluding tert-OH is 1. The van der Waals surface area contributed by atoms with Crippen molar-refractivity contribution in [2.24, 2.45) is 0 Å². The molecule has 3 aromatic heterocycles. The Kier molecular flexibility index (Phi) is 8.23. The predicted octanol–water partition coefficient (Wildman–Crippen LogP) is 5.32. The van der Waals surface area contributed by atoms with Gasteiger partial charge in [-0.1, -0.05) is 36.8 Å². The second-order valence-electron chi connectivity index (χ2n) is 10.1. The molecule has 0 saturated carbocycles. The maximum Gasteiger partial charge on any atom is 0.350 e. The molecule has 1 unspecified atom stereocenters. The minimum absolute atomic E-state index is 0.105. The normalized spacial score (nSPS) is 16.2. The van der Waals surface area contributed by atoms with Crippen LogP contribution in [0.4, 0.5) is 5.13 Å². The summed E-state index contributed by atoms with van der Waals surface area (Å²) in [6.45, 7) is 7.84. The maximum absolute atomic E-state index is 13.7. The fraction of sp³-hybridized carbons (Fsp3) is 0.323. The lowest BCUT2D eigenvalue weighted by Crippen LogP contribution is -2.29. The SMILES string of the molecule is CCCCOc1ccc(C2/C(=C(\O)c3nc4c(C)cccn4c3C)C(=O)C(=O)N2c2nc(C)c(C(=O)OC)s2)cc1OC. The van der Waals surface area contributed by atoms with Gasteiger partial charge in [-0.05, 0) is 56.5 Å². The molecule has 1 N–H and O–H groups in total. The number of unbranched alkanes of at least 4 members (excludes halogenated alkanes) is 1. The fourth-order valence-electron chi connectivity index (χ4n) is 5.09. The van der Waals surface area contributed by atoms with Gasteiger partial charge >= 0.3 is 11.9 Å². The number of ketones is 1. The maximum atomic E-state index is 13.7. The number of aliphatic hydroxyl groups is 1. The van der Waals surface area contributed by atoms with Gasteiger partial charge in [-0.3, -0.25) is 14.5 Å². The number of imidazole rings is 1. The molecule has 5 rings (SSSR count). The van der Waals surface area contributed by atoms with Crippen molar-refractivity contribution in [1.82, 2.24) is 14.4 Å². The molecule has 1 atom stereocenters. The highest BCUT2D eigenvalue weighted by atomic mass is 32.1. The molecule has 11 nitrogen and oxygen atoms in total. The number of benzene rings is 1. The second kappa shape index (κ2) is 11.9. The third kappa shape index (κ3) is 5.11. The van der Waals surface area contributed by atoms with Crippen LogP contribution in [-0.2, 0) is 14.3 Å². The minimum atomic E-state index is -1.11. The Bertz CT molecular complexity index is 1790. The van der Waals surface area contributed by atoms with Crippen LogP contribution in [-0.4, -0.2) is 58.0 Å². The number of Topliss-reactive ketones (excluding diaryl/α,β-unsaturated/α-hetero) is 1. The third-order valence-corrected chi connectivity index (χ3v) is 8.51. The number of aromatic nitrogens is 3. The summed E-state index contributed by atoms with van der Waals surface area (Å²) in [6, 6.07) is 7.73. The highest BCUT2D eigenvalue weighted by molar-refractivity contribution is 7.17. The molecule has 1 fully saturated rings. The second-order valence-corrected chi connectivity index (χ2v) is 11.1. The smallest absolute Gasteiger partial charge is 0.350 e. The topological polar surface area (TPSA) is 133 Å². The molecule has 12 heteroatoms. The van der Waals surface area contributed by atoms with Gasteiger partial charge in [0.05, 0.1) is 43.8 Å². The Balaban J connectivity index is 1.73. The molecule has 1 saturated heterocycles. The van der Waals surface area contributed by atoms with Crippen LogP contribution < -0.4 is 14.4 Å². The van der Waals surface area contributed by atoms with Crippen molar-refractivity contribution in [3.05, 3.63) is 75.2 Å². The lowest BCUT2D eigenvalue weighted by molar-refractivity contribution is -0.132. The van der Waals surface area contributed by atoms with E-state index in [0.717, 1.165) is 29.7 Å². The van der Waals surface area contributed by atoms with Gasteiger partial charge in [-0.2, -0.15) is 0 Å². The van der Waals surface area contributed by atoms with Gasteiger partial charge in [0.25, 0.3) is 5.78 Å². The van der Waals surface area contributed by atoms with Crippen LogP contribution >= 0.6 is 11.3 Å². The number of nitrogens with zero attached hydrogens (tertiary/aromatic N) is 4. The zero-order chi connectivity index (χ0) is 31.0. The molecule has 1 aliphatic heterocycles. The van der Waals surface area contributed by atoms with Crippen molar-refractivity contribution < 1.29 is 33.7 Å². The zero-order valence-corrected chi connectivity index (χ0v) is 25.6. The number of hydrogen-bond donors (Lipinski definition) is 1. The van der Waals surface area contributed by atoms with Crippen LogP contribution in [0.2, 0.25) is 0 Å². The van der Waals surface area contributed by atoms with Gasteiger partial charge < -0.3 is 23.7 Å². The highest BCUT2D eigenvalue weighted by Crippen LogP contribution is 2.45. The van der Waals surface area contributed by atoms with Crippen molar-refractivity contribution in [3.63, 3.8) is 0 Å². The first-order valence-corrected chi connectivity index (χ1v) is 14.6. The Morgan fingerprint density at radius 3 is 2.53 bits per heavy atom. The lowest BCUT2D eigenvalue weighted by Gasteiger charge is -2.23. The molecule has 4 heterocycles. The van der Waals surface area contributed by atoms with E-state index in [1.165, 1.54) is 19.1 Å². The van der Waals surface area contributed by atoms with E-state index >= 15 is 0 Å². The minimum Gasteiger partial charge on any atom is -0.505 e. The average Bonchev–Trinajstić information content (AvgIpc) is 3.64. The van der Waals surface area contributed by atoms with Gasteiger partial charge in [-0.15, -0.1) is 0 Å². The summed E-state index contributed by atoms with van der Waals surface area (Å²) < 4.78 is 18.2. The summed E-state index contributed by atoms with van der Waals surface area (Å²) in [7, 11) is 2.75. The van der Waals surface area contributed by atoms with Crippen LogP contribution in [0.1, 0.15) is 63.7 Å². The first-order valence-electron chi connectivity index (χ1n) is 13.7. The summed E-state index contributed by atoms with van der Waals surface area (Å²) in [5.41, 5.74) is 2.90. The number of amides is 1. The van der Waals surface area contributed by atoms with Gasteiger partial charge in [0, 0.05) is 6.20 Å². The number of anilines is 1. The van der Waals surface area contributed by atoms with E-state index in [-0.39, 0.29) is 21.3 Å². The van der Waals surface area contributed by atoms with Crippen LogP contribution in [0.15, 0.2) is 42.1 Å². The van der Waals surface area contributed by atoms with Gasteiger partial charge in [0.2, 0.25) is 0 Å². The van der Waals surface area contributed by atoms with E-state index in [1.807, 2.05) is 29.7 Å². The van der Waals surface area contributed by atoms with E-state index in [4.69, 9.17) is 14.2 Å². The Morgan fingerprint density at radius 2 is 1.86 bits per heavy atom. The van der Waals surface area contributed by atoms with E-state index in [1.54, 1.807) is 32.0 Å². The number of rotatable bonds is 9. The van der Waals surface area contributed by atoms with Crippen LogP contribution in [0.3, 0.4) is 0 Å². The molecule has 0 spiro atoms. The van der Waals surface area contributed by atoms with Gasteiger partial charge in [-0.25, -0.2) is 14.8 Å². The summed E-state index contributed by atoms with van der Waals surface area (Å²) in [6.07, 6.45) is 3.62. The molecule has 224 valence electrons. The van der Waals surface area contributed by atoms with E-state index in [0.29, 0.717) is 40.7 Å².